The Morgan fingerprint density at radius 2 is 1.84 bits per heavy atom. The van der Waals surface area contributed by atoms with Crippen LogP contribution in [-0.2, 0) is 9.84 Å². The first-order valence-corrected chi connectivity index (χ1v) is 8.68. The van der Waals surface area contributed by atoms with Gasteiger partial charge in [0.2, 0.25) is 0 Å². The molecule has 0 bridgehead atoms. The molecule has 1 unspecified atom stereocenters. The van der Waals surface area contributed by atoms with Gasteiger partial charge in [0.05, 0.1) is 4.75 Å². The molecule has 0 heterocycles. The summed E-state index contributed by atoms with van der Waals surface area (Å²) in [6.07, 6.45) is 3.76. The van der Waals surface area contributed by atoms with E-state index in [1.165, 1.54) is 24.7 Å². The maximum absolute atomic E-state index is 11.7. The lowest BCUT2D eigenvalue weighted by molar-refractivity contribution is 0.441. The Labute approximate surface area is 116 Å². The summed E-state index contributed by atoms with van der Waals surface area (Å²) in [7, 11) is -3.05. The predicted octanol–water partition coefficient (Wildman–Crippen LogP) is 2.55. The Kier molecular flexibility index (Phi) is 4.02. The monoisotopic (exact) mass is 281 g/mol. The molecule has 19 heavy (non-hydrogen) atoms. The summed E-state index contributed by atoms with van der Waals surface area (Å²) in [6, 6.07) is 10.6. The molecular weight excluding hydrogens is 258 g/mol. The SMILES string of the molecule is CC(C)(CNC(c1ccccc1)C1CC1)S(C)(=O)=O. The number of sulfone groups is 1. The van der Waals surface area contributed by atoms with Crippen molar-refractivity contribution in [1.82, 2.24) is 5.32 Å². The normalized spacial score (nSPS) is 18.3. The third kappa shape index (κ3) is 3.57. The molecule has 0 spiro atoms. The van der Waals surface area contributed by atoms with Crippen LogP contribution in [0, 0.1) is 5.92 Å². The molecule has 2 rings (SSSR count). The molecular formula is C15H23NO2S. The van der Waals surface area contributed by atoms with Crippen LogP contribution >= 0.6 is 0 Å². The summed E-state index contributed by atoms with van der Waals surface area (Å²) in [5, 5.41) is 3.47. The molecule has 1 saturated carbocycles. The first kappa shape index (κ1) is 14.5. The summed E-state index contributed by atoms with van der Waals surface area (Å²) in [4.78, 5) is 0. The number of hydrogen-bond acceptors (Lipinski definition) is 3. The minimum absolute atomic E-state index is 0.280. The van der Waals surface area contributed by atoms with Gasteiger partial charge in [-0.2, -0.15) is 0 Å². The Balaban J connectivity index is 2.07. The van der Waals surface area contributed by atoms with Gasteiger partial charge >= 0.3 is 0 Å². The standard InChI is InChI=1S/C15H23NO2S/c1-15(2,19(3,17)18)11-16-14(13-9-10-13)12-7-5-4-6-8-12/h4-8,13-14,16H,9-11H2,1-3H3. The van der Waals surface area contributed by atoms with Crippen molar-refractivity contribution in [3.8, 4) is 0 Å². The topological polar surface area (TPSA) is 46.2 Å². The van der Waals surface area contributed by atoms with Gasteiger partial charge in [0.1, 0.15) is 0 Å². The highest BCUT2D eigenvalue weighted by Crippen LogP contribution is 2.41. The molecule has 0 radical (unpaired) electrons. The minimum Gasteiger partial charge on any atom is -0.308 e. The third-order valence-corrected chi connectivity index (χ3v) is 6.16. The van der Waals surface area contributed by atoms with E-state index in [2.05, 4.69) is 17.4 Å². The molecule has 1 fully saturated rings. The van der Waals surface area contributed by atoms with E-state index in [-0.39, 0.29) is 6.04 Å². The molecule has 0 saturated heterocycles. The number of hydrogen-bond donors (Lipinski definition) is 1. The van der Waals surface area contributed by atoms with Crippen LogP contribution in [0.3, 0.4) is 0 Å². The van der Waals surface area contributed by atoms with Crippen LogP contribution in [0.1, 0.15) is 38.3 Å². The molecule has 3 nitrogen and oxygen atoms in total. The van der Waals surface area contributed by atoms with Crippen molar-refractivity contribution in [2.45, 2.75) is 37.5 Å². The van der Waals surface area contributed by atoms with E-state index in [1.807, 2.05) is 18.2 Å². The van der Waals surface area contributed by atoms with Gasteiger partial charge in [0, 0.05) is 18.8 Å². The van der Waals surface area contributed by atoms with Crippen LogP contribution < -0.4 is 5.32 Å². The smallest absolute Gasteiger partial charge is 0.153 e. The van der Waals surface area contributed by atoms with E-state index in [1.54, 1.807) is 13.8 Å². The van der Waals surface area contributed by atoms with Gasteiger partial charge in [-0.15, -0.1) is 0 Å². The molecule has 1 atom stereocenters. The summed E-state index contributed by atoms with van der Waals surface area (Å²) >= 11 is 0. The Morgan fingerprint density at radius 1 is 1.26 bits per heavy atom. The lowest BCUT2D eigenvalue weighted by Gasteiger charge is -2.27. The Bertz CT molecular complexity index is 518. The van der Waals surface area contributed by atoms with E-state index in [4.69, 9.17) is 0 Å². The van der Waals surface area contributed by atoms with Gasteiger partial charge in [-0.3, -0.25) is 0 Å². The first-order chi connectivity index (χ1) is 8.81. The molecule has 1 aliphatic rings. The van der Waals surface area contributed by atoms with Crippen molar-refractivity contribution < 1.29 is 8.42 Å². The van der Waals surface area contributed by atoms with Gasteiger partial charge < -0.3 is 5.32 Å². The maximum atomic E-state index is 11.7. The van der Waals surface area contributed by atoms with Crippen LogP contribution in [0.25, 0.3) is 0 Å². The lowest BCUT2D eigenvalue weighted by atomic mass is 10.0. The fraction of sp³-hybridized carbons (Fsp3) is 0.600. The van der Waals surface area contributed by atoms with Crippen molar-refractivity contribution >= 4 is 9.84 Å². The second-order valence-corrected chi connectivity index (χ2v) is 8.79. The van der Waals surface area contributed by atoms with Gasteiger partial charge in [0.15, 0.2) is 9.84 Å². The van der Waals surface area contributed by atoms with Crippen molar-refractivity contribution in [3.63, 3.8) is 0 Å². The predicted molar refractivity (Wildman–Crippen MR) is 78.8 cm³/mol. The zero-order chi connectivity index (χ0) is 14.1. The van der Waals surface area contributed by atoms with Crippen LogP contribution in [0.4, 0.5) is 0 Å². The fourth-order valence-electron chi connectivity index (χ4n) is 2.13. The molecule has 1 aromatic rings. The third-order valence-electron chi connectivity index (χ3n) is 4.00. The highest BCUT2D eigenvalue weighted by Gasteiger charge is 2.35. The van der Waals surface area contributed by atoms with Crippen LogP contribution in [0.2, 0.25) is 0 Å². The van der Waals surface area contributed by atoms with E-state index in [9.17, 15) is 8.42 Å². The van der Waals surface area contributed by atoms with E-state index < -0.39 is 14.6 Å². The molecule has 1 aliphatic carbocycles. The first-order valence-electron chi connectivity index (χ1n) is 6.79. The molecule has 1 aromatic carbocycles. The highest BCUT2D eigenvalue weighted by atomic mass is 32.2. The van der Waals surface area contributed by atoms with Gasteiger partial charge in [-0.1, -0.05) is 30.3 Å². The van der Waals surface area contributed by atoms with Gasteiger partial charge in [-0.25, -0.2) is 8.42 Å². The number of rotatable bonds is 6. The highest BCUT2D eigenvalue weighted by molar-refractivity contribution is 7.92. The Hall–Kier alpha value is -0.870. The van der Waals surface area contributed by atoms with E-state index in [0.717, 1.165) is 0 Å². The Morgan fingerprint density at radius 3 is 2.32 bits per heavy atom. The van der Waals surface area contributed by atoms with Gasteiger partial charge in [-0.05, 0) is 38.2 Å². The maximum Gasteiger partial charge on any atom is 0.153 e. The van der Waals surface area contributed by atoms with Crippen LogP contribution in [-0.4, -0.2) is 26.0 Å². The van der Waals surface area contributed by atoms with E-state index in [0.29, 0.717) is 12.5 Å². The summed E-state index contributed by atoms with van der Waals surface area (Å²) in [5.41, 5.74) is 1.26. The lowest BCUT2D eigenvalue weighted by Crippen LogP contribution is -2.43. The summed E-state index contributed by atoms with van der Waals surface area (Å²) in [6.45, 7) is 4.05. The second kappa shape index (κ2) is 5.25. The second-order valence-electron chi connectivity index (χ2n) is 6.14. The number of benzene rings is 1. The van der Waals surface area contributed by atoms with Gasteiger partial charge in [0.25, 0.3) is 0 Å². The fourth-order valence-corrected chi connectivity index (χ4v) is 2.48. The van der Waals surface area contributed by atoms with Crippen molar-refractivity contribution in [3.05, 3.63) is 35.9 Å². The molecule has 0 aliphatic heterocycles. The average molecular weight is 281 g/mol. The minimum atomic E-state index is -3.05. The zero-order valence-corrected chi connectivity index (χ0v) is 12.7. The number of nitrogens with one attached hydrogen (secondary N) is 1. The summed E-state index contributed by atoms with van der Waals surface area (Å²) < 4.78 is 22.8. The molecule has 1 N–H and O–H groups in total. The summed E-state index contributed by atoms with van der Waals surface area (Å²) in [5.74, 6) is 0.651. The van der Waals surface area contributed by atoms with Crippen molar-refractivity contribution in [2.75, 3.05) is 12.8 Å². The van der Waals surface area contributed by atoms with Crippen molar-refractivity contribution in [2.24, 2.45) is 5.92 Å². The van der Waals surface area contributed by atoms with E-state index >= 15 is 0 Å². The molecule has 0 amide bonds. The largest absolute Gasteiger partial charge is 0.308 e. The zero-order valence-electron chi connectivity index (χ0n) is 11.9. The average Bonchev–Trinajstić information content (AvgIpc) is 3.13. The van der Waals surface area contributed by atoms with Crippen molar-refractivity contribution in [1.29, 1.82) is 0 Å². The van der Waals surface area contributed by atoms with Crippen LogP contribution in [0.5, 0.6) is 0 Å². The van der Waals surface area contributed by atoms with Crippen LogP contribution in [0.15, 0.2) is 30.3 Å². The molecule has 106 valence electrons. The molecule has 0 aromatic heterocycles. The quantitative estimate of drug-likeness (QED) is 0.871. The molecule has 4 heteroatoms.